The molecule has 0 bridgehead atoms. The summed E-state index contributed by atoms with van der Waals surface area (Å²) in [5.41, 5.74) is 1.08. The molecule has 0 amide bonds. The van der Waals surface area contributed by atoms with Crippen LogP contribution in [0, 0.1) is 0 Å². The van der Waals surface area contributed by atoms with Gasteiger partial charge in [0.2, 0.25) is 0 Å². The van der Waals surface area contributed by atoms with Gasteiger partial charge in [-0.1, -0.05) is 34.6 Å². The monoisotopic (exact) mass is 313 g/mol. The normalized spacial score (nSPS) is 13.5. The van der Waals surface area contributed by atoms with E-state index in [0.717, 1.165) is 34.8 Å². The quantitative estimate of drug-likeness (QED) is 0.890. The molecule has 0 saturated heterocycles. The maximum Gasteiger partial charge on any atom is 0.144 e. The highest BCUT2D eigenvalue weighted by molar-refractivity contribution is 9.10. The number of halogens is 1. The van der Waals surface area contributed by atoms with E-state index >= 15 is 0 Å². The van der Waals surface area contributed by atoms with Crippen LogP contribution in [0.2, 0.25) is 0 Å². The SMILES string of the molecule is CCNc1nc(C(C)CC)nc(C(C)(C)C)c1Br. The minimum absolute atomic E-state index is 0.00809. The molecule has 1 aromatic rings. The molecule has 0 aliphatic heterocycles. The predicted octanol–water partition coefficient (Wildman–Crippen LogP) is 4.48. The zero-order valence-electron chi connectivity index (χ0n) is 12.3. The molecule has 1 aromatic heterocycles. The smallest absolute Gasteiger partial charge is 0.144 e. The molecule has 0 aliphatic carbocycles. The summed E-state index contributed by atoms with van der Waals surface area (Å²) in [6, 6.07) is 0. The molecule has 0 radical (unpaired) electrons. The van der Waals surface area contributed by atoms with Gasteiger partial charge in [-0.15, -0.1) is 0 Å². The van der Waals surface area contributed by atoms with Gasteiger partial charge in [0.25, 0.3) is 0 Å². The van der Waals surface area contributed by atoms with Gasteiger partial charge < -0.3 is 5.32 Å². The second kappa shape index (κ2) is 6.00. The lowest BCUT2D eigenvalue weighted by atomic mass is 9.91. The van der Waals surface area contributed by atoms with Crippen LogP contribution in [0.5, 0.6) is 0 Å². The molecule has 1 atom stereocenters. The fourth-order valence-electron chi connectivity index (χ4n) is 1.65. The molecule has 1 rings (SSSR count). The Morgan fingerprint density at radius 1 is 1.22 bits per heavy atom. The summed E-state index contributed by atoms with van der Waals surface area (Å²) in [4.78, 5) is 9.40. The van der Waals surface area contributed by atoms with Crippen molar-refractivity contribution in [2.45, 2.75) is 59.3 Å². The van der Waals surface area contributed by atoms with E-state index in [2.05, 4.69) is 67.8 Å². The van der Waals surface area contributed by atoms with Gasteiger partial charge in [-0.3, -0.25) is 0 Å². The van der Waals surface area contributed by atoms with E-state index in [1.807, 2.05) is 0 Å². The first-order valence-electron chi connectivity index (χ1n) is 6.63. The van der Waals surface area contributed by atoms with E-state index in [0.29, 0.717) is 5.92 Å². The Hall–Kier alpha value is -0.640. The summed E-state index contributed by atoms with van der Waals surface area (Å²) in [5.74, 6) is 2.23. The summed E-state index contributed by atoms with van der Waals surface area (Å²) >= 11 is 3.64. The van der Waals surface area contributed by atoms with Crippen LogP contribution in [-0.4, -0.2) is 16.5 Å². The highest BCUT2D eigenvalue weighted by atomic mass is 79.9. The van der Waals surface area contributed by atoms with Crippen LogP contribution in [0.25, 0.3) is 0 Å². The Bertz CT molecular complexity index is 410. The number of nitrogens with zero attached hydrogens (tertiary/aromatic N) is 2. The van der Waals surface area contributed by atoms with E-state index in [9.17, 15) is 0 Å². The van der Waals surface area contributed by atoms with Gasteiger partial charge in [0, 0.05) is 17.9 Å². The van der Waals surface area contributed by atoms with E-state index in [-0.39, 0.29) is 5.41 Å². The first-order chi connectivity index (χ1) is 8.31. The van der Waals surface area contributed by atoms with Gasteiger partial charge in [-0.2, -0.15) is 0 Å². The van der Waals surface area contributed by atoms with Crippen molar-refractivity contribution >= 4 is 21.7 Å². The number of nitrogens with one attached hydrogen (secondary N) is 1. The van der Waals surface area contributed by atoms with E-state index in [1.165, 1.54) is 0 Å². The summed E-state index contributed by atoms with van der Waals surface area (Å²) in [6.45, 7) is 13.8. The minimum atomic E-state index is 0.00809. The van der Waals surface area contributed by atoms with Crippen LogP contribution >= 0.6 is 15.9 Å². The van der Waals surface area contributed by atoms with Crippen molar-refractivity contribution in [3.8, 4) is 0 Å². The average Bonchev–Trinajstić information content (AvgIpc) is 2.29. The van der Waals surface area contributed by atoms with Gasteiger partial charge in [0.05, 0.1) is 10.2 Å². The molecule has 102 valence electrons. The molecule has 0 aliphatic rings. The molecule has 1 N–H and O–H groups in total. The number of hydrogen-bond donors (Lipinski definition) is 1. The van der Waals surface area contributed by atoms with Gasteiger partial charge in [0.15, 0.2) is 0 Å². The number of anilines is 1. The molecule has 18 heavy (non-hydrogen) atoms. The summed E-state index contributed by atoms with van der Waals surface area (Å²) in [6.07, 6.45) is 1.05. The van der Waals surface area contributed by atoms with Crippen molar-refractivity contribution in [3.05, 3.63) is 16.0 Å². The Labute approximate surface area is 119 Å². The first-order valence-corrected chi connectivity index (χ1v) is 7.42. The van der Waals surface area contributed by atoms with Crippen molar-refractivity contribution in [3.63, 3.8) is 0 Å². The molecule has 0 aromatic carbocycles. The zero-order valence-corrected chi connectivity index (χ0v) is 13.8. The Morgan fingerprint density at radius 2 is 1.83 bits per heavy atom. The predicted molar refractivity (Wildman–Crippen MR) is 81.3 cm³/mol. The van der Waals surface area contributed by atoms with Gasteiger partial charge >= 0.3 is 0 Å². The molecule has 1 heterocycles. The van der Waals surface area contributed by atoms with Crippen molar-refractivity contribution in [1.82, 2.24) is 9.97 Å². The second-order valence-corrected chi connectivity index (χ2v) is 6.48. The summed E-state index contributed by atoms with van der Waals surface area (Å²) < 4.78 is 0.990. The topological polar surface area (TPSA) is 37.8 Å². The highest BCUT2D eigenvalue weighted by Crippen LogP contribution is 2.33. The maximum atomic E-state index is 4.76. The van der Waals surface area contributed by atoms with Crippen LogP contribution in [-0.2, 0) is 5.41 Å². The van der Waals surface area contributed by atoms with Crippen LogP contribution in [0.4, 0.5) is 5.82 Å². The Kier molecular flexibility index (Phi) is 5.14. The largest absolute Gasteiger partial charge is 0.369 e. The molecule has 0 spiro atoms. The standard InChI is InChI=1S/C14H24BrN3/c1-7-9(3)12-17-11(14(4,5)6)10(15)13(18-12)16-8-2/h9H,7-8H2,1-6H3,(H,16,17,18). The van der Waals surface area contributed by atoms with Gasteiger partial charge in [0.1, 0.15) is 11.6 Å². The van der Waals surface area contributed by atoms with Crippen molar-refractivity contribution in [2.75, 3.05) is 11.9 Å². The summed E-state index contributed by atoms with van der Waals surface area (Å²) in [5, 5.41) is 3.31. The Morgan fingerprint density at radius 3 is 2.28 bits per heavy atom. The second-order valence-electron chi connectivity index (χ2n) is 5.68. The third kappa shape index (κ3) is 3.44. The van der Waals surface area contributed by atoms with Crippen LogP contribution in [0.1, 0.15) is 65.4 Å². The van der Waals surface area contributed by atoms with Crippen LogP contribution < -0.4 is 5.32 Å². The van der Waals surface area contributed by atoms with Crippen LogP contribution in [0.15, 0.2) is 4.47 Å². The molecule has 3 nitrogen and oxygen atoms in total. The van der Waals surface area contributed by atoms with Gasteiger partial charge in [-0.05, 0) is 29.3 Å². The first kappa shape index (κ1) is 15.4. The third-order valence-corrected chi connectivity index (χ3v) is 3.73. The van der Waals surface area contributed by atoms with Crippen LogP contribution in [0.3, 0.4) is 0 Å². The third-order valence-electron chi connectivity index (χ3n) is 2.98. The van der Waals surface area contributed by atoms with Crippen molar-refractivity contribution < 1.29 is 0 Å². The molecule has 1 unspecified atom stereocenters. The molecular weight excluding hydrogens is 290 g/mol. The molecule has 0 saturated carbocycles. The lowest BCUT2D eigenvalue weighted by molar-refractivity contribution is 0.550. The lowest BCUT2D eigenvalue weighted by Gasteiger charge is -2.23. The molecule has 0 fully saturated rings. The van der Waals surface area contributed by atoms with Crippen molar-refractivity contribution in [1.29, 1.82) is 0 Å². The van der Waals surface area contributed by atoms with E-state index in [4.69, 9.17) is 4.98 Å². The fourth-order valence-corrected chi connectivity index (χ4v) is 2.56. The van der Waals surface area contributed by atoms with Crippen molar-refractivity contribution in [2.24, 2.45) is 0 Å². The van der Waals surface area contributed by atoms with Gasteiger partial charge in [-0.25, -0.2) is 9.97 Å². The number of hydrogen-bond acceptors (Lipinski definition) is 3. The fraction of sp³-hybridized carbons (Fsp3) is 0.714. The average molecular weight is 314 g/mol. The summed E-state index contributed by atoms with van der Waals surface area (Å²) in [7, 11) is 0. The molecule has 4 heteroatoms. The van der Waals surface area contributed by atoms with E-state index in [1.54, 1.807) is 0 Å². The highest BCUT2D eigenvalue weighted by Gasteiger charge is 2.24. The minimum Gasteiger partial charge on any atom is -0.369 e. The number of aromatic nitrogens is 2. The zero-order chi connectivity index (χ0) is 13.9. The maximum absolute atomic E-state index is 4.76. The lowest BCUT2D eigenvalue weighted by Crippen LogP contribution is -2.19. The number of rotatable bonds is 4. The molecular formula is C14H24BrN3. The van der Waals surface area contributed by atoms with E-state index < -0.39 is 0 Å². The Balaban J connectivity index is 3.37.